The van der Waals surface area contributed by atoms with Crippen LogP contribution in [-0.2, 0) is 0 Å². The number of unbranched alkanes of at least 4 members (excludes halogenated alkanes) is 10. The van der Waals surface area contributed by atoms with Gasteiger partial charge in [0, 0.05) is 23.6 Å². The van der Waals surface area contributed by atoms with Crippen LogP contribution in [0.1, 0.15) is 123 Å². The maximum atomic E-state index is 11.3. The van der Waals surface area contributed by atoms with Gasteiger partial charge in [0.15, 0.2) is 0 Å². The molecule has 0 saturated carbocycles. The minimum atomic E-state index is -0.983. The van der Waals surface area contributed by atoms with Crippen LogP contribution in [0, 0.1) is 0 Å². The number of carboxylic acid groups (broad SMARTS) is 2. The van der Waals surface area contributed by atoms with Crippen LogP contribution >= 0.6 is 0 Å². The van der Waals surface area contributed by atoms with Gasteiger partial charge in [-0.2, -0.15) is 0 Å². The van der Waals surface area contributed by atoms with Crippen LogP contribution < -0.4 is 9.47 Å². The van der Waals surface area contributed by atoms with E-state index in [0.717, 1.165) is 36.8 Å². The van der Waals surface area contributed by atoms with Gasteiger partial charge in [-0.25, -0.2) is 9.59 Å². The quantitative estimate of drug-likeness (QED) is 0.0844. The molecule has 0 amide bonds. The predicted molar refractivity (Wildman–Crippen MR) is 185 cm³/mol. The summed E-state index contributed by atoms with van der Waals surface area (Å²) in [5.41, 5.74) is 3.14. The number of ether oxygens (including phenoxy) is 2. The van der Waals surface area contributed by atoms with Gasteiger partial charge >= 0.3 is 11.9 Å². The Bertz CT molecular complexity index is 1310. The van der Waals surface area contributed by atoms with Gasteiger partial charge in [-0.1, -0.05) is 78.1 Å². The van der Waals surface area contributed by atoms with Gasteiger partial charge < -0.3 is 19.7 Å². The van der Waals surface area contributed by atoms with Crippen LogP contribution in [0.5, 0.6) is 11.5 Å². The van der Waals surface area contributed by atoms with Crippen molar-refractivity contribution in [2.75, 3.05) is 13.2 Å². The smallest absolute Gasteiger partial charge is 0.335 e. The highest BCUT2D eigenvalue weighted by Gasteiger charge is 2.12. The maximum Gasteiger partial charge on any atom is 0.335 e. The summed E-state index contributed by atoms with van der Waals surface area (Å²) < 4.78 is 12.6. The third-order valence-electron chi connectivity index (χ3n) is 7.59. The van der Waals surface area contributed by atoms with Crippen LogP contribution in [0.3, 0.4) is 0 Å². The molecule has 0 aliphatic carbocycles. The Morgan fingerprint density at radius 1 is 0.565 bits per heavy atom. The van der Waals surface area contributed by atoms with E-state index in [9.17, 15) is 19.8 Å². The number of benzene rings is 3. The Hall–Kier alpha value is -4.46. The second kappa shape index (κ2) is 20.5. The fraction of sp³-hybridized carbons (Fsp3) is 0.421. The summed E-state index contributed by atoms with van der Waals surface area (Å²) in [5, 5.41) is 18.5. The lowest BCUT2D eigenvalue weighted by Crippen LogP contribution is -2.05. The molecule has 2 N–H and O–H groups in total. The first-order valence-corrected chi connectivity index (χ1v) is 16.6. The van der Waals surface area contributed by atoms with E-state index in [-0.39, 0.29) is 11.1 Å². The summed E-state index contributed by atoms with van der Waals surface area (Å²) in [6, 6.07) is 16.6. The van der Waals surface area contributed by atoms with Crippen molar-refractivity contribution in [3.63, 3.8) is 0 Å². The molecular formula is C38H48N2O6. The number of carboxylic acids is 2. The summed E-state index contributed by atoms with van der Waals surface area (Å²) in [7, 11) is 0. The molecule has 0 fully saturated rings. The molecule has 8 nitrogen and oxygen atoms in total. The van der Waals surface area contributed by atoms with Crippen molar-refractivity contribution in [1.29, 1.82) is 0 Å². The zero-order valence-electron chi connectivity index (χ0n) is 27.2. The molecule has 0 saturated heterocycles. The number of hydrogen-bond donors (Lipinski definition) is 2. The summed E-state index contributed by atoms with van der Waals surface area (Å²) >= 11 is 0. The summed E-state index contributed by atoms with van der Waals surface area (Å²) in [5.74, 6) is -0.672. The Balaban J connectivity index is 1.88. The number of aromatic carboxylic acids is 2. The largest absolute Gasteiger partial charge is 0.493 e. The van der Waals surface area contributed by atoms with Gasteiger partial charge in [-0.3, -0.25) is 9.98 Å². The average Bonchev–Trinajstić information content (AvgIpc) is 3.06. The van der Waals surface area contributed by atoms with Gasteiger partial charge in [-0.15, -0.1) is 0 Å². The standard InChI is InChI=1S/C38H48N2O6/c1-3-5-7-9-11-13-23-45-35-25-32(28-40-34-21-17-30(18-22-34)38(43)44)36(46-24-14-12-10-8-6-4-2)26-31(35)27-39-33-19-15-29(16-20-33)37(41)42/h15-22,25-28H,3-14,23-24H2,1-2H3,(H,41,42)(H,43,44). The zero-order chi connectivity index (χ0) is 33.0. The third-order valence-corrected chi connectivity index (χ3v) is 7.59. The molecule has 0 aliphatic rings. The Kier molecular flexibility index (Phi) is 16.1. The predicted octanol–water partition coefficient (Wildman–Crippen LogP) is 10.1. The van der Waals surface area contributed by atoms with Gasteiger partial charge in [0.1, 0.15) is 11.5 Å². The van der Waals surface area contributed by atoms with Gasteiger partial charge in [-0.05, 0) is 73.5 Å². The van der Waals surface area contributed by atoms with Crippen molar-refractivity contribution >= 4 is 35.7 Å². The van der Waals surface area contributed by atoms with Crippen LogP contribution in [0.15, 0.2) is 70.6 Å². The molecule has 0 atom stereocenters. The van der Waals surface area contributed by atoms with Crippen LogP contribution in [0.4, 0.5) is 11.4 Å². The van der Waals surface area contributed by atoms with E-state index >= 15 is 0 Å². The molecule has 8 heteroatoms. The Labute approximate surface area is 273 Å². The van der Waals surface area contributed by atoms with Gasteiger partial charge in [0.05, 0.1) is 35.7 Å². The molecular weight excluding hydrogens is 580 g/mol. The molecule has 0 unspecified atom stereocenters. The normalized spacial score (nSPS) is 11.3. The van der Waals surface area contributed by atoms with Gasteiger partial charge in [0.2, 0.25) is 0 Å². The summed E-state index contributed by atoms with van der Waals surface area (Å²) in [6.45, 7) is 5.54. The van der Waals surface area contributed by atoms with E-state index in [1.165, 1.54) is 75.6 Å². The lowest BCUT2D eigenvalue weighted by Gasteiger charge is -2.15. The number of nitrogens with zero attached hydrogens (tertiary/aromatic N) is 2. The first-order chi connectivity index (χ1) is 22.4. The van der Waals surface area contributed by atoms with Crippen LogP contribution in [0.2, 0.25) is 0 Å². The van der Waals surface area contributed by atoms with E-state index in [1.54, 1.807) is 36.7 Å². The highest BCUT2D eigenvalue weighted by Crippen LogP contribution is 2.29. The lowest BCUT2D eigenvalue weighted by molar-refractivity contribution is 0.0686. The minimum absolute atomic E-state index is 0.202. The Morgan fingerprint density at radius 3 is 1.26 bits per heavy atom. The van der Waals surface area contributed by atoms with Gasteiger partial charge in [0.25, 0.3) is 0 Å². The van der Waals surface area contributed by atoms with E-state index < -0.39 is 11.9 Å². The first kappa shape index (κ1) is 36.0. The second-order valence-electron chi connectivity index (χ2n) is 11.4. The number of aliphatic imine (C=N–C) groups is 2. The summed E-state index contributed by atoms with van der Waals surface area (Å²) in [4.78, 5) is 31.7. The second-order valence-corrected chi connectivity index (χ2v) is 11.4. The molecule has 0 spiro atoms. The summed E-state index contributed by atoms with van der Waals surface area (Å²) in [6.07, 6.45) is 17.2. The first-order valence-electron chi connectivity index (χ1n) is 16.6. The molecule has 0 heterocycles. The van der Waals surface area contributed by atoms with Crippen molar-refractivity contribution in [2.45, 2.75) is 90.9 Å². The van der Waals surface area contributed by atoms with E-state index in [4.69, 9.17) is 9.47 Å². The number of rotatable bonds is 22. The van der Waals surface area contributed by atoms with E-state index in [2.05, 4.69) is 23.8 Å². The van der Waals surface area contributed by atoms with Crippen LogP contribution in [0.25, 0.3) is 0 Å². The SMILES string of the molecule is CCCCCCCCOc1cc(C=Nc2ccc(C(=O)O)cc2)c(OCCCCCCCC)cc1C=Nc1ccc(C(=O)O)cc1. The molecule has 3 aromatic carbocycles. The van der Waals surface area contributed by atoms with Crippen molar-refractivity contribution in [3.8, 4) is 11.5 Å². The number of hydrogen-bond acceptors (Lipinski definition) is 6. The minimum Gasteiger partial charge on any atom is -0.493 e. The zero-order valence-corrected chi connectivity index (χ0v) is 27.2. The monoisotopic (exact) mass is 628 g/mol. The third kappa shape index (κ3) is 12.9. The highest BCUT2D eigenvalue weighted by atomic mass is 16.5. The molecule has 46 heavy (non-hydrogen) atoms. The average molecular weight is 629 g/mol. The highest BCUT2D eigenvalue weighted by molar-refractivity contribution is 5.93. The molecule has 0 aliphatic heterocycles. The lowest BCUT2D eigenvalue weighted by atomic mass is 10.1. The van der Waals surface area contributed by atoms with E-state index in [1.807, 2.05) is 12.1 Å². The molecule has 0 radical (unpaired) electrons. The topological polar surface area (TPSA) is 118 Å². The maximum absolute atomic E-state index is 11.3. The molecule has 0 aromatic heterocycles. The molecule has 246 valence electrons. The fourth-order valence-electron chi connectivity index (χ4n) is 4.84. The molecule has 3 rings (SSSR count). The van der Waals surface area contributed by atoms with E-state index in [0.29, 0.717) is 36.1 Å². The van der Waals surface area contributed by atoms with Crippen molar-refractivity contribution in [1.82, 2.24) is 0 Å². The fourth-order valence-corrected chi connectivity index (χ4v) is 4.84. The van der Waals surface area contributed by atoms with Crippen molar-refractivity contribution < 1.29 is 29.3 Å². The molecule has 0 bridgehead atoms. The van der Waals surface area contributed by atoms with Crippen LogP contribution in [-0.4, -0.2) is 47.8 Å². The Morgan fingerprint density at radius 2 is 0.913 bits per heavy atom. The molecule has 3 aromatic rings. The number of carbonyl (C=O) groups is 2. The van der Waals surface area contributed by atoms with Crippen molar-refractivity contribution in [3.05, 3.63) is 82.9 Å². The van der Waals surface area contributed by atoms with Crippen molar-refractivity contribution in [2.24, 2.45) is 9.98 Å².